The Morgan fingerprint density at radius 2 is 1.83 bits per heavy atom. The van der Waals surface area contributed by atoms with Crippen LogP contribution in [0.5, 0.6) is 0 Å². The van der Waals surface area contributed by atoms with Gasteiger partial charge in [0, 0.05) is 30.7 Å². The van der Waals surface area contributed by atoms with Crippen LogP contribution in [0.25, 0.3) is 0 Å². The van der Waals surface area contributed by atoms with E-state index in [9.17, 15) is 19.5 Å². The Morgan fingerprint density at radius 1 is 1.14 bits per heavy atom. The number of aliphatic hydroxyl groups excluding tert-OH is 1. The van der Waals surface area contributed by atoms with Crippen LogP contribution in [0.1, 0.15) is 66.7 Å². The molecule has 0 saturated carbocycles. The molecule has 5 nitrogen and oxygen atoms in total. The van der Waals surface area contributed by atoms with Crippen LogP contribution < -0.4 is 5.32 Å². The fraction of sp³-hybridized carbons (Fsp3) is 0.708. The second-order valence-electron chi connectivity index (χ2n) is 9.79. The van der Waals surface area contributed by atoms with Gasteiger partial charge in [0.1, 0.15) is 17.3 Å². The molecule has 2 N–H and O–H groups in total. The first-order chi connectivity index (χ1) is 13.6. The molecular formula is C24H35NO4. The minimum absolute atomic E-state index is 0.000553. The lowest BCUT2D eigenvalue weighted by molar-refractivity contribution is -0.146. The van der Waals surface area contributed by atoms with E-state index in [1.165, 1.54) is 5.57 Å². The van der Waals surface area contributed by atoms with Gasteiger partial charge in [-0.1, -0.05) is 44.1 Å². The summed E-state index contributed by atoms with van der Waals surface area (Å²) in [4.78, 5) is 39.5. The summed E-state index contributed by atoms with van der Waals surface area (Å²) in [5.41, 5.74) is 1.06. The molecule has 5 heteroatoms. The van der Waals surface area contributed by atoms with E-state index in [2.05, 4.69) is 39.1 Å². The number of hydrogen-bond acceptors (Lipinski definition) is 4. The topological polar surface area (TPSA) is 83.5 Å². The van der Waals surface area contributed by atoms with E-state index in [1.807, 2.05) is 13.0 Å². The van der Waals surface area contributed by atoms with Crippen LogP contribution in [-0.4, -0.2) is 34.7 Å². The molecule has 0 radical (unpaired) electrons. The molecule has 3 aliphatic rings. The quantitative estimate of drug-likeness (QED) is 0.549. The predicted molar refractivity (Wildman–Crippen MR) is 112 cm³/mol. The number of hydrogen-bond donors (Lipinski definition) is 2. The highest BCUT2D eigenvalue weighted by Gasteiger charge is 2.65. The van der Waals surface area contributed by atoms with E-state index < -0.39 is 11.5 Å². The third-order valence-corrected chi connectivity index (χ3v) is 7.31. The lowest BCUT2D eigenvalue weighted by atomic mass is 9.54. The van der Waals surface area contributed by atoms with Crippen molar-refractivity contribution in [3.8, 4) is 0 Å². The van der Waals surface area contributed by atoms with Gasteiger partial charge in [-0.15, -0.1) is 0 Å². The number of allylic oxidation sites excluding steroid dienone is 4. The number of rotatable bonds is 2. The highest BCUT2D eigenvalue weighted by Crippen LogP contribution is 2.55. The van der Waals surface area contributed by atoms with Gasteiger partial charge in [-0.25, -0.2) is 0 Å². The van der Waals surface area contributed by atoms with Gasteiger partial charge in [0.15, 0.2) is 5.78 Å². The molecule has 1 aliphatic heterocycles. The van der Waals surface area contributed by atoms with E-state index in [-0.39, 0.29) is 54.1 Å². The van der Waals surface area contributed by atoms with Gasteiger partial charge in [0.05, 0.1) is 0 Å². The molecule has 0 unspecified atom stereocenters. The number of nitrogens with one attached hydrogen (secondary N) is 1. The summed E-state index contributed by atoms with van der Waals surface area (Å²) in [7, 11) is 0. The largest absolute Gasteiger partial charge is 0.385 e. The van der Waals surface area contributed by atoms with Gasteiger partial charge in [-0.3, -0.25) is 14.4 Å². The predicted octanol–water partition coefficient (Wildman–Crippen LogP) is 3.37. The standard InChI is InChI=1S/C24H35NO4/c1-13(2)10-18-22-16(5)15(4)12-17-11-14(3)6-7-19(26)20(27)8-9-21(28)24(17,22)23(29)25-18/h11-13,16-19,22,26H,6-10H2,1-5H3,(H,25,29)/b14-11+/t16-,17+,18+,19-,22+,24+/m1/s1. The molecule has 1 fully saturated rings. The van der Waals surface area contributed by atoms with Crippen molar-refractivity contribution >= 4 is 17.5 Å². The summed E-state index contributed by atoms with van der Waals surface area (Å²) in [5, 5.41) is 13.3. The third-order valence-electron chi connectivity index (χ3n) is 7.31. The molecule has 0 bridgehead atoms. The number of carbonyl (C=O) groups excluding carboxylic acids is 3. The number of aliphatic hydroxyl groups is 1. The first kappa shape index (κ1) is 21.9. The molecular weight excluding hydrogens is 366 g/mol. The Morgan fingerprint density at radius 3 is 2.48 bits per heavy atom. The molecule has 6 atom stereocenters. The first-order valence-electron chi connectivity index (χ1n) is 11.0. The summed E-state index contributed by atoms with van der Waals surface area (Å²) in [5.74, 6) is -0.556. The summed E-state index contributed by atoms with van der Waals surface area (Å²) >= 11 is 0. The minimum atomic E-state index is -1.16. The highest BCUT2D eigenvalue weighted by atomic mass is 16.3. The Kier molecular flexibility index (Phi) is 6.19. The molecule has 0 aromatic rings. The average molecular weight is 402 g/mol. The van der Waals surface area contributed by atoms with Gasteiger partial charge in [0.25, 0.3) is 0 Å². The van der Waals surface area contributed by atoms with Crippen molar-refractivity contribution in [2.45, 2.75) is 78.9 Å². The second-order valence-corrected chi connectivity index (χ2v) is 9.79. The Bertz CT molecular complexity index is 765. The van der Waals surface area contributed by atoms with E-state index in [4.69, 9.17) is 0 Å². The molecule has 29 heavy (non-hydrogen) atoms. The van der Waals surface area contributed by atoms with Gasteiger partial charge in [0.2, 0.25) is 5.91 Å². The normalized spacial score (nSPS) is 40.4. The second kappa shape index (κ2) is 8.17. The Labute approximate surface area is 174 Å². The zero-order valence-electron chi connectivity index (χ0n) is 18.3. The van der Waals surface area contributed by atoms with Crippen molar-refractivity contribution in [2.75, 3.05) is 0 Å². The molecule has 1 heterocycles. The highest BCUT2D eigenvalue weighted by molar-refractivity contribution is 6.10. The van der Waals surface area contributed by atoms with Crippen LogP contribution >= 0.6 is 0 Å². The van der Waals surface area contributed by atoms with Gasteiger partial charge < -0.3 is 10.4 Å². The van der Waals surface area contributed by atoms with Crippen molar-refractivity contribution in [1.29, 1.82) is 0 Å². The van der Waals surface area contributed by atoms with Crippen molar-refractivity contribution in [1.82, 2.24) is 5.32 Å². The average Bonchev–Trinajstić information content (AvgIpc) is 2.93. The van der Waals surface area contributed by atoms with Crippen LogP contribution in [-0.2, 0) is 14.4 Å². The number of ketones is 2. The maximum atomic E-state index is 13.7. The lowest BCUT2D eigenvalue weighted by Gasteiger charge is -2.45. The maximum Gasteiger partial charge on any atom is 0.235 e. The van der Waals surface area contributed by atoms with E-state index in [1.54, 1.807) is 0 Å². The summed E-state index contributed by atoms with van der Waals surface area (Å²) in [6.07, 6.45) is 4.88. The monoisotopic (exact) mass is 401 g/mol. The Balaban J connectivity index is 2.16. The molecule has 1 saturated heterocycles. The van der Waals surface area contributed by atoms with E-state index in [0.717, 1.165) is 12.0 Å². The van der Waals surface area contributed by atoms with Crippen LogP contribution in [0.3, 0.4) is 0 Å². The fourth-order valence-electron chi connectivity index (χ4n) is 5.73. The van der Waals surface area contributed by atoms with Crippen molar-refractivity contribution in [3.63, 3.8) is 0 Å². The first-order valence-corrected chi connectivity index (χ1v) is 11.0. The molecule has 160 valence electrons. The number of amides is 1. The zero-order valence-corrected chi connectivity index (χ0v) is 18.3. The smallest absolute Gasteiger partial charge is 0.235 e. The lowest BCUT2D eigenvalue weighted by Crippen LogP contribution is -2.52. The van der Waals surface area contributed by atoms with Crippen LogP contribution in [0.4, 0.5) is 0 Å². The Hall–Kier alpha value is -1.75. The van der Waals surface area contributed by atoms with Crippen molar-refractivity contribution in [3.05, 3.63) is 23.3 Å². The number of Topliss-reactive ketones (excluding diaryl/α,β-unsaturated/α-hetero) is 2. The third kappa shape index (κ3) is 3.74. The van der Waals surface area contributed by atoms with Crippen LogP contribution in [0.15, 0.2) is 23.3 Å². The summed E-state index contributed by atoms with van der Waals surface area (Å²) < 4.78 is 0. The summed E-state index contributed by atoms with van der Waals surface area (Å²) in [6.45, 7) is 10.4. The molecule has 0 aromatic heterocycles. The van der Waals surface area contributed by atoms with Gasteiger partial charge in [-0.05, 0) is 44.9 Å². The zero-order chi connectivity index (χ0) is 21.5. The number of carbonyl (C=O) groups is 3. The van der Waals surface area contributed by atoms with Crippen molar-refractivity contribution in [2.24, 2.45) is 29.1 Å². The summed E-state index contributed by atoms with van der Waals surface area (Å²) in [6, 6.07) is -0.0484. The maximum absolute atomic E-state index is 13.7. The molecule has 0 aromatic carbocycles. The van der Waals surface area contributed by atoms with Crippen LogP contribution in [0.2, 0.25) is 0 Å². The molecule has 1 spiro atoms. The molecule has 3 rings (SSSR count). The van der Waals surface area contributed by atoms with Crippen molar-refractivity contribution < 1.29 is 19.5 Å². The van der Waals surface area contributed by atoms with Crippen LogP contribution in [0, 0.1) is 29.1 Å². The molecule has 2 aliphatic carbocycles. The van der Waals surface area contributed by atoms with Gasteiger partial charge >= 0.3 is 0 Å². The minimum Gasteiger partial charge on any atom is -0.385 e. The molecule has 1 amide bonds. The SMILES string of the molecule is CC1=C[C@@H]2/C=C(\C)CC[C@@H](O)C(=O)CCC(=O)[C@@]23C(=O)N[C@@H](CC(C)C)[C@@H]3[C@@H]1C. The fourth-order valence-corrected chi connectivity index (χ4v) is 5.73. The van der Waals surface area contributed by atoms with Gasteiger partial charge in [-0.2, -0.15) is 0 Å². The van der Waals surface area contributed by atoms with E-state index in [0.29, 0.717) is 18.8 Å². The van der Waals surface area contributed by atoms with E-state index >= 15 is 0 Å².